The van der Waals surface area contributed by atoms with Crippen molar-refractivity contribution in [3.05, 3.63) is 120 Å². The summed E-state index contributed by atoms with van der Waals surface area (Å²) in [5, 5.41) is 22.5. The van der Waals surface area contributed by atoms with Crippen molar-refractivity contribution in [3.8, 4) is 0 Å². The number of hydrogen-bond donors (Lipinski definition) is 2. The second kappa shape index (κ2) is 10.7. The summed E-state index contributed by atoms with van der Waals surface area (Å²) in [6.45, 7) is 2.98. The predicted octanol–water partition coefficient (Wildman–Crippen LogP) is 3.14. The summed E-state index contributed by atoms with van der Waals surface area (Å²) in [5.74, 6) is -3.75. The number of carboxylic acids is 2. The molecule has 0 aliphatic carbocycles. The third-order valence-electron chi connectivity index (χ3n) is 9.65. The van der Waals surface area contributed by atoms with E-state index in [9.17, 15) is 19.8 Å². The number of Topliss-reactive ketones (excluding diaryl/α,β-unsaturated/α-hetero) is 1. The van der Waals surface area contributed by atoms with Gasteiger partial charge in [0.15, 0.2) is 16.6 Å². The Bertz CT molecular complexity index is 1610. The van der Waals surface area contributed by atoms with Crippen LogP contribution in [0.4, 0.5) is 0 Å². The molecule has 44 heavy (non-hydrogen) atoms. The maximum Gasteiger partial charge on any atom is 0.320 e. The van der Waals surface area contributed by atoms with Gasteiger partial charge in [0.05, 0.1) is 33.9 Å². The van der Waals surface area contributed by atoms with E-state index in [1.165, 1.54) is 0 Å². The highest BCUT2D eigenvalue weighted by Gasteiger charge is 2.83. The van der Waals surface area contributed by atoms with E-state index in [-0.39, 0.29) is 26.2 Å². The Morgan fingerprint density at radius 1 is 0.659 bits per heavy atom. The number of fused-ring (bicyclic) bond motifs is 2. The Morgan fingerprint density at radius 3 is 1.43 bits per heavy atom. The molecule has 0 saturated carbocycles. The molecule has 6 heterocycles. The van der Waals surface area contributed by atoms with Crippen molar-refractivity contribution >= 4 is 17.7 Å². The van der Waals surface area contributed by atoms with Crippen molar-refractivity contribution in [2.75, 3.05) is 13.1 Å². The van der Waals surface area contributed by atoms with Gasteiger partial charge in [0.25, 0.3) is 0 Å². The quantitative estimate of drug-likeness (QED) is 0.291. The van der Waals surface area contributed by atoms with Gasteiger partial charge >= 0.3 is 11.9 Å². The highest BCUT2D eigenvalue weighted by molar-refractivity contribution is 6.18. The SMILES string of the molecule is CC1(c2ccccn2)N(Cc2ccccn2)C(C)(c2ccccn2)C2(C(=O)O)CN(Cc3ccccn3)CC1(C(=O)O)C2=O. The van der Waals surface area contributed by atoms with Crippen LogP contribution >= 0.6 is 0 Å². The van der Waals surface area contributed by atoms with E-state index in [1.807, 2.05) is 12.1 Å². The molecule has 2 aliphatic heterocycles. The summed E-state index contributed by atoms with van der Waals surface area (Å²) >= 11 is 0. The van der Waals surface area contributed by atoms with Crippen LogP contribution in [0.1, 0.15) is 36.6 Å². The van der Waals surface area contributed by atoms with Gasteiger partial charge in [0.1, 0.15) is 0 Å². The number of aromatic nitrogens is 4. The molecule has 224 valence electrons. The number of carbonyl (C=O) groups is 3. The number of aliphatic carboxylic acids is 2. The third kappa shape index (κ3) is 3.92. The lowest BCUT2D eigenvalue weighted by molar-refractivity contribution is -0.241. The van der Waals surface area contributed by atoms with E-state index in [4.69, 9.17) is 0 Å². The lowest BCUT2D eigenvalue weighted by atomic mass is 9.46. The van der Waals surface area contributed by atoms with Crippen LogP contribution in [0.2, 0.25) is 0 Å². The zero-order chi connectivity index (χ0) is 31.2. The largest absolute Gasteiger partial charge is 0.480 e. The minimum atomic E-state index is -2.27. The minimum Gasteiger partial charge on any atom is -0.480 e. The van der Waals surface area contributed by atoms with E-state index in [2.05, 4.69) is 19.9 Å². The van der Waals surface area contributed by atoms with Gasteiger partial charge in [0, 0.05) is 51.0 Å². The summed E-state index contributed by atoms with van der Waals surface area (Å²) in [4.78, 5) is 64.7. The molecule has 4 aromatic heterocycles. The van der Waals surface area contributed by atoms with Crippen molar-refractivity contribution in [2.24, 2.45) is 10.8 Å². The fourth-order valence-electron chi connectivity index (χ4n) is 7.46. The fraction of sp³-hybridized carbons (Fsp3) is 0.303. The number of ketones is 1. The zero-order valence-corrected chi connectivity index (χ0v) is 24.4. The first-order valence-electron chi connectivity index (χ1n) is 14.3. The van der Waals surface area contributed by atoms with E-state index >= 15 is 4.79 Å². The van der Waals surface area contributed by atoms with Crippen LogP contribution in [0.3, 0.4) is 0 Å². The van der Waals surface area contributed by atoms with Gasteiger partial charge in [-0.15, -0.1) is 0 Å². The number of hydrogen-bond acceptors (Lipinski definition) is 9. The smallest absolute Gasteiger partial charge is 0.320 e. The standard InChI is InChI=1S/C33H32N6O5/c1-30(25-13-5-9-17-36-25)32(28(41)42)21-38(19-23-11-3-7-15-34-23)22-33(27(32)40,29(43)44)31(2,26-14-6-10-18-37-26)39(30)20-24-12-4-8-16-35-24/h3-18H,19-22H2,1-2H3,(H,41,42)(H,43,44). The van der Waals surface area contributed by atoms with Crippen LogP contribution in [0.15, 0.2) is 97.6 Å². The number of carbonyl (C=O) groups excluding carboxylic acids is 1. The molecule has 6 rings (SSSR count). The number of likely N-dealkylation sites (tertiary alicyclic amines) is 2. The Balaban J connectivity index is 1.73. The van der Waals surface area contributed by atoms with Crippen LogP contribution in [0.25, 0.3) is 0 Å². The molecule has 2 aliphatic rings. The van der Waals surface area contributed by atoms with Crippen molar-refractivity contribution < 1.29 is 24.6 Å². The first-order valence-corrected chi connectivity index (χ1v) is 14.3. The van der Waals surface area contributed by atoms with E-state index in [0.29, 0.717) is 22.8 Å². The number of pyridine rings is 4. The number of carboxylic acid groups (broad SMARTS) is 2. The van der Waals surface area contributed by atoms with E-state index < -0.39 is 39.6 Å². The monoisotopic (exact) mass is 592 g/mol. The maximum absolute atomic E-state index is 15.2. The molecule has 2 saturated heterocycles. The first-order chi connectivity index (χ1) is 21.1. The maximum atomic E-state index is 15.2. The van der Waals surface area contributed by atoms with E-state index in [0.717, 1.165) is 0 Å². The fourth-order valence-corrected chi connectivity index (χ4v) is 7.46. The summed E-state index contributed by atoms with van der Waals surface area (Å²) < 4.78 is 0. The van der Waals surface area contributed by atoms with Gasteiger partial charge in [-0.1, -0.05) is 24.3 Å². The second-order valence-electron chi connectivity index (χ2n) is 11.7. The Labute approximate surface area is 254 Å². The average molecular weight is 593 g/mol. The highest BCUT2D eigenvalue weighted by atomic mass is 16.4. The highest BCUT2D eigenvalue weighted by Crippen LogP contribution is 2.65. The van der Waals surface area contributed by atoms with Gasteiger partial charge in [-0.2, -0.15) is 0 Å². The summed E-state index contributed by atoms with van der Waals surface area (Å²) in [6, 6.07) is 21.0. The molecule has 2 N–H and O–H groups in total. The molecule has 4 atom stereocenters. The van der Waals surface area contributed by atoms with Gasteiger partial charge < -0.3 is 10.2 Å². The van der Waals surface area contributed by atoms with Crippen LogP contribution in [-0.4, -0.2) is 70.8 Å². The van der Waals surface area contributed by atoms with Gasteiger partial charge in [-0.3, -0.25) is 44.1 Å². The first kappa shape index (κ1) is 29.2. The topological polar surface area (TPSA) is 150 Å². The molecular weight excluding hydrogens is 560 g/mol. The van der Waals surface area contributed by atoms with Crippen LogP contribution < -0.4 is 0 Å². The van der Waals surface area contributed by atoms with Crippen molar-refractivity contribution in [1.82, 2.24) is 29.7 Å². The Hall–Kier alpha value is -4.87. The summed E-state index contributed by atoms with van der Waals surface area (Å²) in [7, 11) is 0. The summed E-state index contributed by atoms with van der Waals surface area (Å²) in [5.41, 5.74) is -6.09. The molecule has 11 nitrogen and oxygen atoms in total. The van der Waals surface area contributed by atoms with Crippen LogP contribution in [-0.2, 0) is 38.6 Å². The number of rotatable bonds is 8. The number of piperidine rings is 2. The average Bonchev–Trinajstić information content (AvgIpc) is 3.04. The normalized spacial score (nSPS) is 28.8. The molecule has 0 aromatic carbocycles. The lowest BCUT2D eigenvalue weighted by Gasteiger charge is -2.69. The molecule has 0 spiro atoms. The van der Waals surface area contributed by atoms with Crippen LogP contribution in [0, 0.1) is 10.8 Å². The molecule has 0 amide bonds. The van der Waals surface area contributed by atoms with Gasteiger partial charge in [-0.05, 0) is 62.4 Å². The van der Waals surface area contributed by atoms with E-state index in [1.54, 1.807) is 109 Å². The van der Waals surface area contributed by atoms with Crippen molar-refractivity contribution in [2.45, 2.75) is 38.0 Å². The lowest BCUT2D eigenvalue weighted by Crippen LogP contribution is -2.85. The molecule has 4 aromatic rings. The Morgan fingerprint density at radius 2 is 1.07 bits per heavy atom. The summed E-state index contributed by atoms with van der Waals surface area (Å²) in [6.07, 6.45) is 6.34. The Kier molecular flexibility index (Phi) is 7.10. The van der Waals surface area contributed by atoms with Crippen molar-refractivity contribution in [3.63, 3.8) is 0 Å². The predicted molar refractivity (Wildman–Crippen MR) is 158 cm³/mol. The molecule has 4 unspecified atom stereocenters. The van der Waals surface area contributed by atoms with Gasteiger partial charge in [-0.25, -0.2) is 0 Å². The zero-order valence-electron chi connectivity index (χ0n) is 24.4. The molecule has 11 heteroatoms. The van der Waals surface area contributed by atoms with Gasteiger partial charge in [0.2, 0.25) is 0 Å². The molecule has 2 fully saturated rings. The number of nitrogens with zero attached hydrogens (tertiary/aromatic N) is 6. The molecule has 2 bridgehead atoms. The van der Waals surface area contributed by atoms with Crippen molar-refractivity contribution in [1.29, 1.82) is 0 Å². The van der Waals surface area contributed by atoms with Crippen LogP contribution in [0.5, 0.6) is 0 Å². The molecular formula is C33H32N6O5. The second-order valence-corrected chi connectivity index (χ2v) is 11.7. The third-order valence-corrected chi connectivity index (χ3v) is 9.65. The molecule has 0 radical (unpaired) electrons. The minimum absolute atomic E-state index is 0.0125.